The van der Waals surface area contributed by atoms with E-state index in [9.17, 15) is 4.79 Å². The maximum absolute atomic E-state index is 11.1. The molecule has 0 saturated carbocycles. The van der Waals surface area contributed by atoms with Gasteiger partial charge in [-0.05, 0) is 37.0 Å². The standard InChI is InChI=1S/C13H12N2O2S/c14-10-8-6-7-4-2-1-3-5-9(7)15-12(8)18-11(10)13(16)17/h3,5-6H,1-2,4,14H2,(H,16,17). The average Bonchev–Trinajstić information content (AvgIpc) is 2.53. The number of thiophene rings is 1. The van der Waals surface area contributed by atoms with Crippen LogP contribution in [0.15, 0.2) is 12.1 Å². The highest BCUT2D eigenvalue weighted by atomic mass is 32.1. The van der Waals surface area contributed by atoms with Crippen molar-refractivity contribution < 1.29 is 9.90 Å². The second-order valence-electron chi connectivity index (χ2n) is 4.33. The minimum atomic E-state index is -0.985. The van der Waals surface area contributed by atoms with Crippen LogP contribution in [0.2, 0.25) is 0 Å². The summed E-state index contributed by atoms with van der Waals surface area (Å²) in [6.45, 7) is 0. The summed E-state index contributed by atoms with van der Waals surface area (Å²) < 4.78 is 0. The van der Waals surface area contributed by atoms with Crippen LogP contribution in [0.3, 0.4) is 0 Å². The van der Waals surface area contributed by atoms with E-state index in [0.717, 1.165) is 47.2 Å². The van der Waals surface area contributed by atoms with Crippen molar-refractivity contribution in [3.63, 3.8) is 0 Å². The van der Waals surface area contributed by atoms with Gasteiger partial charge >= 0.3 is 5.97 Å². The van der Waals surface area contributed by atoms with Gasteiger partial charge in [-0.3, -0.25) is 0 Å². The summed E-state index contributed by atoms with van der Waals surface area (Å²) in [5.41, 5.74) is 8.32. The maximum atomic E-state index is 11.1. The van der Waals surface area contributed by atoms with Gasteiger partial charge in [0.15, 0.2) is 0 Å². The Kier molecular flexibility index (Phi) is 2.56. The van der Waals surface area contributed by atoms with E-state index in [4.69, 9.17) is 10.8 Å². The molecule has 0 aromatic carbocycles. The van der Waals surface area contributed by atoms with Crippen molar-refractivity contribution >= 4 is 39.3 Å². The summed E-state index contributed by atoms with van der Waals surface area (Å²) in [5, 5.41) is 9.84. The third-order valence-electron chi connectivity index (χ3n) is 3.12. The van der Waals surface area contributed by atoms with Gasteiger partial charge in [-0.15, -0.1) is 11.3 Å². The Hall–Kier alpha value is -1.88. The smallest absolute Gasteiger partial charge is 0.348 e. The largest absolute Gasteiger partial charge is 0.477 e. The zero-order valence-corrected chi connectivity index (χ0v) is 10.5. The van der Waals surface area contributed by atoms with Crippen LogP contribution in [0, 0.1) is 0 Å². The summed E-state index contributed by atoms with van der Waals surface area (Å²) in [6.07, 6.45) is 7.23. The number of aryl methyl sites for hydroxylation is 1. The van der Waals surface area contributed by atoms with Gasteiger partial charge in [-0.1, -0.05) is 6.08 Å². The monoisotopic (exact) mass is 260 g/mol. The lowest BCUT2D eigenvalue weighted by molar-refractivity contribution is 0.0703. The number of nitrogens with zero attached hydrogens (tertiary/aromatic N) is 1. The van der Waals surface area contributed by atoms with E-state index in [1.54, 1.807) is 0 Å². The van der Waals surface area contributed by atoms with Gasteiger partial charge in [0.1, 0.15) is 9.71 Å². The fourth-order valence-corrected chi connectivity index (χ4v) is 3.13. The van der Waals surface area contributed by atoms with Gasteiger partial charge < -0.3 is 10.8 Å². The summed E-state index contributed by atoms with van der Waals surface area (Å²) in [5.74, 6) is -0.985. The van der Waals surface area contributed by atoms with E-state index in [-0.39, 0.29) is 4.88 Å². The highest BCUT2D eigenvalue weighted by Gasteiger charge is 2.18. The van der Waals surface area contributed by atoms with Gasteiger partial charge in [-0.25, -0.2) is 9.78 Å². The third kappa shape index (κ3) is 1.67. The SMILES string of the molecule is Nc1c(C(=O)O)sc2nc3c(cc12)CCCC=C3. The third-order valence-corrected chi connectivity index (χ3v) is 4.22. The summed E-state index contributed by atoms with van der Waals surface area (Å²) in [6, 6.07) is 1.99. The molecule has 0 saturated heterocycles. The Morgan fingerprint density at radius 3 is 3.11 bits per heavy atom. The number of hydrogen-bond donors (Lipinski definition) is 2. The molecule has 0 spiro atoms. The lowest BCUT2D eigenvalue weighted by atomic mass is 10.1. The van der Waals surface area contributed by atoms with Crippen molar-refractivity contribution in [3.05, 3.63) is 28.3 Å². The molecule has 0 radical (unpaired) electrons. The van der Waals surface area contributed by atoms with Crippen molar-refractivity contribution in [2.45, 2.75) is 19.3 Å². The number of pyridine rings is 1. The first kappa shape index (κ1) is 11.2. The molecule has 3 rings (SSSR count). The van der Waals surface area contributed by atoms with Gasteiger partial charge in [-0.2, -0.15) is 0 Å². The number of nitrogens with two attached hydrogens (primary N) is 1. The molecular formula is C13H12N2O2S. The Morgan fingerprint density at radius 2 is 2.33 bits per heavy atom. The van der Waals surface area contributed by atoms with E-state index >= 15 is 0 Å². The summed E-state index contributed by atoms with van der Waals surface area (Å²) in [4.78, 5) is 16.5. The van der Waals surface area contributed by atoms with Crippen LogP contribution in [0.25, 0.3) is 16.3 Å². The Balaban J connectivity index is 2.27. The van der Waals surface area contributed by atoms with Crippen LogP contribution in [0.4, 0.5) is 5.69 Å². The van der Waals surface area contributed by atoms with Crippen LogP contribution in [0.1, 0.15) is 33.8 Å². The molecule has 0 bridgehead atoms. The average molecular weight is 260 g/mol. The number of fused-ring (bicyclic) bond motifs is 2. The van der Waals surface area contributed by atoms with Crippen LogP contribution >= 0.6 is 11.3 Å². The number of hydrogen-bond acceptors (Lipinski definition) is 4. The second-order valence-corrected chi connectivity index (χ2v) is 5.33. The molecule has 3 N–H and O–H groups in total. The number of rotatable bonds is 1. The van der Waals surface area contributed by atoms with Crippen molar-refractivity contribution in [3.8, 4) is 0 Å². The quantitative estimate of drug-likeness (QED) is 0.826. The number of carbonyl (C=O) groups is 1. The Morgan fingerprint density at radius 1 is 1.50 bits per heavy atom. The van der Waals surface area contributed by atoms with Gasteiger partial charge in [0.05, 0.1) is 11.4 Å². The number of allylic oxidation sites excluding steroid dienone is 1. The molecule has 0 atom stereocenters. The van der Waals surface area contributed by atoms with Crippen LogP contribution in [0.5, 0.6) is 0 Å². The molecule has 0 unspecified atom stereocenters. The molecule has 2 aromatic heterocycles. The lowest BCUT2D eigenvalue weighted by Crippen LogP contribution is -1.97. The first-order valence-corrected chi connectivity index (χ1v) is 6.60. The van der Waals surface area contributed by atoms with Crippen LogP contribution < -0.4 is 5.73 Å². The van der Waals surface area contributed by atoms with E-state index in [1.165, 1.54) is 0 Å². The molecular weight excluding hydrogens is 248 g/mol. The molecule has 18 heavy (non-hydrogen) atoms. The molecule has 0 amide bonds. The van der Waals surface area contributed by atoms with Crippen molar-refractivity contribution in [2.24, 2.45) is 0 Å². The molecule has 2 heterocycles. The molecule has 1 aliphatic rings. The first-order chi connectivity index (χ1) is 8.66. The highest BCUT2D eigenvalue weighted by Crippen LogP contribution is 2.34. The van der Waals surface area contributed by atoms with E-state index < -0.39 is 5.97 Å². The van der Waals surface area contributed by atoms with Crippen molar-refractivity contribution in [1.29, 1.82) is 0 Å². The molecule has 1 aliphatic carbocycles. The van der Waals surface area contributed by atoms with Crippen LogP contribution in [-0.4, -0.2) is 16.1 Å². The number of anilines is 1. The number of carboxylic acids is 1. The molecule has 4 nitrogen and oxygen atoms in total. The van der Waals surface area contributed by atoms with Gasteiger partial charge in [0, 0.05) is 5.39 Å². The van der Waals surface area contributed by atoms with Crippen LogP contribution in [-0.2, 0) is 6.42 Å². The summed E-state index contributed by atoms with van der Waals surface area (Å²) >= 11 is 1.14. The summed E-state index contributed by atoms with van der Waals surface area (Å²) in [7, 11) is 0. The minimum absolute atomic E-state index is 0.182. The van der Waals surface area contributed by atoms with E-state index in [0.29, 0.717) is 10.5 Å². The number of carboxylic acid groups (broad SMARTS) is 1. The zero-order chi connectivity index (χ0) is 12.7. The zero-order valence-electron chi connectivity index (χ0n) is 9.64. The predicted molar refractivity (Wildman–Crippen MR) is 73.0 cm³/mol. The first-order valence-electron chi connectivity index (χ1n) is 5.78. The number of nitrogen functional groups attached to an aromatic ring is 1. The Bertz CT molecular complexity index is 673. The second kappa shape index (κ2) is 4.10. The van der Waals surface area contributed by atoms with E-state index in [2.05, 4.69) is 11.1 Å². The number of aromatic nitrogens is 1. The molecule has 2 aromatic rings. The predicted octanol–water partition coefficient (Wildman–Crippen LogP) is 2.93. The number of aromatic carboxylic acids is 1. The molecule has 0 fully saturated rings. The van der Waals surface area contributed by atoms with E-state index in [1.807, 2.05) is 12.1 Å². The maximum Gasteiger partial charge on any atom is 0.348 e. The van der Waals surface area contributed by atoms with Crippen molar-refractivity contribution in [2.75, 3.05) is 5.73 Å². The lowest BCUT2D eigenvalue weighted by Gasteiger charge is -2.03. The highest BCUT2D eigenvalue weighted by molar-refractivity contribution is 7.21. The minimum Gasteiger partial charge on any atom is -0.477 e. The van der Waals surface area contributed by atoms with Gasteiger partial charge in [0.2, 0.25) is 0 Å². The Labute approximate surface area is 108 Å². The fourth-order valence-electron chi connectivity index (χ4n) is 2.20. The van der Waals surface area contributed by atoms with Crippen molar-refractivity contribution in [1.82, 2.24) is 4.98 Å². The normalized spacial score (nSPS) is 14.4. The van der Waals surface area contributed by atoms with Gasteiger partial charge in [0.25, 0.3) is 0 Å². The molecule has 0 aliphatic heterocycles. The fraction of sp³-hybridized carbons (Fsp3) is 0.231. The molecule has 92 valence electrons. The molecule has 5 heteroatoms. The topological polar surface area (TPSA) is 76.2 Å².